The van der Waals surface area contributed by atoms with E-state index in [1.54, 1.807) is 6.92 Å². The highest BCUT2D eigenvalue weighted by atomic mass is 32.1. The summed E-state index contributed by atoms with van der Waals surface area (Å²) in [7, 11) is 0. The van der Waals surface area contributed by atoms with Crippen LogP contribution in [0.2, 0.25) is 0 Å². The number of carbonyl (C=O) groups is 1. The molecule has 0 N–H and O–H groups in total. The van der Waals surface area contributed by atoms with Gasteiger partial charge in [0.25, 0.3) is 0 Å². The molecule has 3 nitrogen and oxygen atoms in total. The molecule has 46 valence electrons. The van der Waals surface area contributed by atoms with Crippen LogP contribution in [0.25, 0.3) is 0 Å². The molecule has 0 aromatic carbocycles. The van der Waals surface area contributed by atoms with Crippen LogP contribution < -0.4 is 0 Å². The highest BCUT2D eigenvalue weighted by molar-refractivity contribution is 7.66. The highest BCUT2D eigenvalue weighted by Gasteiger charge is 1.90. The van der Waals surface area contributed by atoms with Gasteiger partial charge >= 0.3 is 5.97 Å². The third-order valence-corrected chi connectivity index (χ3v) is 0.720. The molecule has 0 aliphatic carbocycles. The summed E-state index contributed by atoms with van der Waals surface area (Å²) in [5, 5.41) is 0.878. The molecule has 0 aromatic rings. The van der Waals surface area contributed by atoms with E-state index in [4.69, 9.17) is 0 Å². The number of hydrogen-bond donors (Lipinski definition) is 0. The quantitative estimate of drug-likeness (QED) is 0.380. The van der Waals surface area contributed by atoms with Crippen molar-refractivity contribution in [1.29, 1.82) is 0 Å². The predicted molar refractivity (Wildman–Crippen MR) is 30.8 cm³/mol. The Morgan fingerprint density at radius 2 is 2.50 bits per heavy atom. The fraction of sp³-hybridized carbons (Fsp3) is 0.500. The van der Waals surface area contributed by atoms with E-state index in [-0.39, 0.29) is 11.3 Å². The molecule has 0 amide bonds. The van der Waals surface area contributed by atoms with E-state index in [1.807, 2.05) is 0 Å². The lowest BCUT2D eigenvalue weighted by atomic mass is 10.8. The van der Waals surface area contributed by atoms with Gasteiger partial charge in [-0.05, 0) is 6.92 Å². The van der Waals surface area contributed by atoms with Crippen molar-refractivity contribution in [2.75, 3.05) is 6.61 Å². The Morgan fingerprint density at radius 3 is 2.88 bits per heavy atom. The van der Waals surface area contributed by atoms with E-state index < -0.39 is 5.97 Å². The first-order chi connectivity index (χ1) is 3.81. The second-order valence-corrected chi connectivity index (χ2v) is 1.39. The van der Waals surface area contributed by atoms with Crippen molar-refractivity contribution in [1.82, 2.24) is 0 Å². The molecule has 0 fully saturated rings. The van der Waals surface area contributed by atoms with Gasteiger partial charge < -0.3 is 4.74 Å². The SMILES string of the molecule is CCOC(=O)C=S=O. The van der Waals surface area contributed by atoms with Crippen LogP contribution in [0.4, 0.5) is 0 Å². The van der Waals surface area contributed by atoms with E-state index >= 15 is 0 Å². The Balaban J connectivity index is 3.49. The van der Waals surface area contributed by atoms with E-state index in [0.29, 0.717) is 6.61 Å². The van der Waals surface area contributed by atoms with Crippen LogP contribution in [0.15, 0.2) is 0 Å². The van der Waals surface area contributed by atoms with Crippen LogP contribution in [0.3, 0.4) is 0 Å². The van der Waals surface area contributed by atoms with Crippen molar-refractivity contribution >= 4 is 22.6 Å². The molecule has 0 rings (SSSR count). The molecule has 0 aromatic heterocycles. The molecule has 0 aliphatic rings. The molecule has 0 unspecified atom stereocenters. The summed E-state index contributed by atoms with van der Waals surface area (Å²) in [5.74, 6) is -0.562. The van der Waals surface area contributed by atoms with Crippen LogP contribution in [0, 0.1) is 0 Å². The number of hydrogen-bond acceptors (Lipinski definition) is 3. The van der Waals surface area contributed by atoms with Gasteiger partial charge in [-0.15, -0.1) is 0 Å². The maximum atomic E-state index is 10.1. The van der Waals surface area contributed by atoms with Crippen LogP contribution in [0.5, 0.6) is 0 Å². The fourth-order valence-electron chi connectivity index (χ4n) is 0.216. The molecule has 0 saturated heterocycles. The molecule has 4 heteroatoms. The molecule has 0 aliphatic heterocycles. The lowest BCUT2D eigenvalue weighted by Crippen LogP contribution is -2.03. The maximum Gasteiger partial charge on any atom is 0.344 e. The van der Waals surface area contributed by atoms with Gasteiger partial charge in [0.1, 0.15) is 5.37 Å². The standard InChI is InChI=1S/C4H6O3S/c1-2-7-4(5)3-8-6/h3H,2H2,1H3. The summed E-state index contributed by atoms with van der Waals surface area (Å²) in [6.07, 6.45) is 0. The smallest absolute Gasteiger partial charge is 0.344 e. The first kappa shape index (κ1) is 7.36. The van der Waals surface area contributed by atoms with Gasteiger partial charge in [0, 0.05) is 0 Å². The molecule has 0 spiro atoms. The molecule has 0 bridgehead atoms. The summed E-state index contributed by atoms with van der Waals surface area (Å²) in [6, 6.07) is 0. The van der Waals surface area contributed by atoms with Gasteiger partial charge in [0.2, 0.25) is 0 Å². The Hall–Kier alpha value is -0.640. The van der Waals surface area contributed by atoms with Crippen molar-refractivity contribution in [3.8, 4) is 0 Å². The summed E-state index contributed by atoms with van der Waals surface area (Å²) in [4.78, 5) is 10.1. The van der Waals surface area contributed by atoms with Gasteiger partial charge in [0.05, 0.1) is 17.9 Å². The lowest BCUT2D eigenvalue weighted by molar-refractivity contribution is -0.134. The van der Waals surface area contributed by atoms with Gasteiger partial charge in [0.15, 0.2) is 0 Å². The highest BCUT2D eigenvalue weighted by Crippen LogP contribution is 1.68. The van der Waals surface area contributed by atoms with Crippen molar-refractivity contribution in [2.24, 2.45) is 0 Å². The van der Waals surface area contributed by atoms with E-state index in [2.05, 4.69) is 4.74 Å². The third-order valence-electron chi connectivity index (χ3n) is 0.431. The zero-order valence-corrected chi connectivity index (χ0v) is 5.23. The van der Waals surface area contributed by atoms with Gasteiger partial charge in [-0.2, -0.15) is 0 Å². The fourth-order valence-corrected chi connectivity index (χ4v) is 0.362. The Morgan fingerprint density at radius 1 is 1.88 bits per heavy atom. The number of carbonyl (C=O) groups excluding carboxylic acids is 1. The van der Waals surface area contributed by atoms with Gasteiger partial charge in [-0.1, -0.05) is 0 Å². The molecular weight excluding hydrogens is 128 g/mol. The summed E-state index contributed by atoms with van der Waals surface area (Å²) >= 11 is 0.100. The molecule has 0 saturated carbocycles. The number of esters is 1. The summed E-state index contributed by atoms with van der Waals surface area (Å²) in [6.45, 7) is 2.00. The third kappa shape index (κ3) is 3.55. The normalized spacial score (nSPS) is 7.62. The Kier molecular flexibility index (Phi) is 4.16. The minimum atomic E-state index is -0.562. The monoisotopic (exact) mass is 134 g/mol. The maximum absolute atomic E-state index is 10.1. The van der Waals surface area contributed by atoms with E-state index in [0.717, 1.165) is 5.37 Å². The molecule has 8 heavy (non-hydrogen) atoms. The van der Waals surface area contributed by atoms with Crippen LogP contribution in [-0.4, -0.2) is 22.2 Å². The molecule has 0 atom stereocenters. The first-order valence-corrected chi connectivity index (χ1v) is 2.90. The first-order valence-electron chi connectivity index (χ1n) is 2.10. The lowest BCUT2D eigenvalue weighted by Gasteiger charge is -1.89. The van der Waals surface area contributed by atoms with Crippen molar-refractivity contribution in [2.45, 2.75) is 6.92 Å². The van der Waals surface area contributed by atoms with Crippen LogP contribution >= 0.6 is 0 Å². The minimum absolute atomic E-state index is 0.100. The zero-order chi connectivity index (χ0) is 6.41. The summed E-state index contributed by atoms with van der Waals surface area (Å²) in [5.41, 5.74) is 0. The number of rotatable bonds is 2. The van der Waals surface area contributed by atoms with Gasteiger partial charge in [-0.3, -0.25) is 0 Å². The predicted octanol–water partition coefficient (Wildman–Crippen LogP) is -0.435. The van der Waals surface area contributed by atoms with Crippen LogP contribution in [-0.2, 0) is 20.8 Å². The number of ether oxygens (including phenoxy) is 1. The average Bonchev–Trinajstić information content (AvgIpc) is 1.68. The van der Waals surface area contributed by atoms with Crippen molar-refractivity contribution in [3.05, 3.63) is 0 Å². The topological polar surface area (TPSA) is 43.4 Å². The second kappa shape index (κ2) is 4.52. The largest absolute Gasteiger partial charge is 0.462 e. The minimum Gasteiger partial charge on any atom is -0.462 e. The van der Waals surface area contributed by atoms with Gasteiger partial charge in [-0.25, -0.2) is 9.00 Å². The Bertz CT molecular complexity index is 125. The second-order valence-electron chi connectivity index (χ2n) is 0.966. The van der Waals surface area contributed by atoms with E-state index in [1.165, 1.54) is 0 Å². The molecular formula is C4H6O3S. The van der Waals surface area contributed by atoms with Crippen molar-refractivity contribution < 1.29 is 13.7 Å². The van der Waals surface area contributed by atoms with Crippen molar-refractivity contribution in [3.63, 3.8) is 0 Å². The Labute approximate surface area is 50.7 Å². The zero-order valence-electron chi connectivity index (χ0n) is 4.42. The molecule has 0 radical (unpaired) electrons. The summed E-state index contributed by atoms with van der Waals surface area (Å²) < 4.78 is 13.9. The molecule has 0 heterocycles. The average molecular weight is 134 g/mol. The van der Waals surface area contributed by atoms with Crippen LogP contribution in [0.1, 0.15) is 6.92 Å². The van der Waals surface area contributed by atoms with E-state index in [9.17, 15) is 9.00 Å².